The van der Waals surface area contributed by atoms with Gasteiger partial charge in [-0.2, -0.15) is 0 Å². The summed E-state index contributed by atoms with van der Waals surface area (Å²) in [6.07, 6.45) is 7.45. The van der Waals surface area contributed by atoms with Gasteiger partial charge in [-0.1, -0.05) is 42.5 Å². The van der Waals surface area contributed by atoms with E-state index in [0.29, 0.717) is 5.57 Å². The van der Waals surface area contributed by atoms with Crippen molar-refractivity contribution in [1.29, 1.82) is 0 Å². The van der Waals surface area contributed by atoms with E-state index in [2.05, 4.69) is 17.0 Å². The Balaban J connectivity index is 1.63. The van der Waals surface area contributed by atoms with Crippen LogP contribution in [-0.2, 0) is 9.59 Å². The zero-order chi connectivity index (χ0) is 21.6. The van der Waals surface area contributed by atoms with Crippen LogP contribution in [-0.4, -0.2) is 18.7 Å². The number of para-hydroxylation sites is 1. The van der Waals surface area contributed by atoms with Crippen molar-refractivity contribution in [3.63, 3.8) is 0 Å². The lowest BCUT2D eigenvalue weighted by Crippen LogP contribution is -2.09. The Morgan fingerprint density at radius 2 is 1.32 bits per heavy atom. The minimum Gasteiger partial charge on any atom is -0.497 e. The molecule has 0 spiro atoms. The normalized spacial score (nSPS) is 13.4. The molecule has 1 aliphatic carbocycles. The largest absolute Gasteiger partial charge is 0.497 e. The Hall–Kier alpha value is -4.18. The molecule has 4 nitrogen and oxygen atoms in total. The summed E-state index contributed by atoms with van der Waals surface area (Å²) < 4.78 is 5.29. The van der Waals surface area contributed by atoms with Crippen LogP contribution in [0.4, 0.5) is 17.1 Å². The van der Waals surface area contributed by atoms with Crippen LogP contribution in [0.25, 0.3) is 6.08 Å². The summed E-state index contributed by atoms with van der Waals surface area (Å²) in [4.78, 5) is 25.5. The highest BCUT2D eigenvalue weighted by atomic mass is 16.5. The van der Waals surface area contributed by atoms with E-state index in [1.807, 2.05) is 72.8 Å². The zero-order valence-corrected chi connectivity index (χ0v) is 17.1. The second-order valence-electron chi connectivity index (χ2n) is 6.99. The van der Waals surface area contributed by atoms with Crippen molar-refractivity contribution in [3.05, 3.63) is 114 Å². The summed E-state index contributed by atoms with van der Waals surface area (Å²) in [6.45, 7) is 0. The van der Waals surface area contributed by atoms with E-state index in [9.17, 15) is 9.59 Å². The van der Waals surface area contributed by atoms with Crippen molar-refractivity contribution in [2.75, 3.05) is 12.0 Å². The number of allylic oxidation sites excluding steroid dienone is 5. The number of methoxy groups -OCH3 is 1. The van der Waals surface area contributed by atoms with E-state index in [1.54, 1.807) is 13.2 Å². The molecule has 0 saturated carbocycles. The molecule has 1 aliphatic rings. The van der Waals surface area contributed by atoms with Gasteiger partial charge in [0.15, 0.2) is 11.6 Å². The molecular weight excluding hydrogens is 386 g/mol. The Kier molecular flexibility index (Phi) is 5.90. The molecule has 0 amide bonds. The minimum atomic E-state index is -0.174. The van der Waals surface area contributed by atoms with Gasteiger partial charge in [0.25, 0.3) is 0 Å². The molecule has 0 atom stereocenters. The number of benzene rings is 3. The number of anilines is 3. The molecule has 4 rings (SSSR count). The number of ether oxygens (including phenoxy) is 1. The number of rotatable bonds is 6. The van der Waals surface area contributed by atoms with Gasteiger partial charge in [0, 0.05) is 22.6 Å². The van der Waals surface area contributed by atoms with Gasteiger partial charge in [-0.15, -0.1) is 0 Å². The van der Waals surface area contributed by atoms with Gasteiger partial charge in [0.2, 0.25) is 0 Å². The van der Waals surface area contributed by atoms with Crippen molar-refractivity contribution in [2.45, 2.75) is 0 Å². The fraction of sp³-hybridized carbons (Fsp3) is 0.0370. The summed E-state index contributed by atoms with van der Waals surface area (Å²) >= 11 is 0. The highest BCUT2D eigenvalue weighted by molar-refractivity contribution is 6.18. The average Bonchev–Trinajstić information content (AvgIpc) is 2.82. The molecule has 0 aliphatic heterocycles. The molecule has 31 heavy (non-hydrogen) atoms. The van der Waals surface area contributed by atoms with Crippen LogP contribution in [0.2, 0.25) is 0 Å². The molecule has 0 N–H and O–H groups in total. The van der Waals surface area contributed by atoms with Crippen molar-refractivity contribution >= 4 is 34.7 Å². The van der Waals surface area contributed by atoms with E-state index in [0.717, 1.165) is 28.4 Å². The highest BCUT2D eigenvalue weighted by Gasteiger charge is 2.13. The average molecular weight is 407 g/mol. The number of ketones is 2. The number of nitrogens with zero attached hydrogens (tertiary/aromatic N) is 1. The van der Waals surface area contributed by atoms with Crippen LogP contribution in [0.5, 0.6) is 5.75 Å². The summed E-state index contributed by atoms with van der Waals surface area (Å²) in [5.41, 5.74) is 4.38. The molecule has 0 saturated heterocycles. The van der Waals surface area contributed by atoms with E-state index < -0.39 is 0 Å². The summed E-state index contributed by atoms with van der Waals surface area (Å²) in [7, 11) is 1.65. The third kappa shape index (κ3) is 4.70. The lowest BCUT2D eigenvalue weighted by molar-refractivity contribution is -0.114. The zero-order valence-electron chi connectivity index (χ0n) is 17.1. The smallest absolute Gasteiger partial charge is 0.186 e. The monoisotopic (exact) mass is 407 g/mol. The van der Waals surface area contributed by atoms with Gasteiger partial charge in [-0.05, 0) is 72.3 Å². The van der Waals surface area contributed by atoms with Crippen LogP contribution in [0.1, 0.15) is 5.56 Å². The maximum absolute atomic E-state index is 11.9. The Morgan fingerprint density at radius 3 is 1.97 bits per heavy atom. The van der Waals surface area contributed by atoms with Crippen molar-refractivity contribution in [2.24, 2.45) is 0 Å². The molecule has 4 heteroatoms. The maximum Gasteiger partial charge on any atom is 0.186 e. The van der Waals surface area contributed by atoms with Gasteiger partial charge >= 0.3 is 0 Å². The van der Waals surface area contributed by atoms with Crippen molar-refractivity contribution < 1.29 is 14.3 Å². The predicted octanol–water partition coefficient (Wildman–Crippen LogP) is 5.81. The van der Waals surface area contributed by atoms with Gasteiger partial charge in [-0.3, -0.25) is 9.59 Å². The second-order valence-corrected chi connectivity index (χ2v) is 6.99. The van der Waals surface area contributed by atoms with E-state index >= 15 is 0 Å². The SMILES string of the molecule is COc1ccc(N(c2ccccc2)c2ccc(/C=C\C3=CC(=O)C=CC3=O)cc2)cc1. The van der Waals surface area contributed by atoms with Gasteiger partial charge in [0.1, 0.15) is 5.75 Å². The Labute approximate surface area is 181 Å². The minimum absolute atomic E-state index is 0.165. The van der Waals surface area contributed by atoms with E-state index in [4.69, 9.17) is 4.74 Å². The molecule has 0 heterocycles. The molecule has 0 aromatic heterocycles. The first-order valence-corrected chi connectivity index (χ1v) is 9.89. The predicted molar refractivity (Wildman–Crippen MR) is 124 cm³/mol. The fourth-order valence-corrected chi connectivity index (χ4v) is 3.33. The highest BCUT2D eigenvalue weighted by Crippen LogP contribution is 2.35. The van der Waals surface area contributed by atoms with E-state index in [-0.39, 0.29) is 11.6 Å². The van der Waals surface area contributed by atoms with Crippen LogP contribution in [0.15, 0.2) is 109 Å². The third-order valence-electron chi connectivity index (χ3n) is 4.93. The Morgan fingerprint density at radius 1 is 0.710 bits per heavy atom. The van der Waals surface area contributed by atoms with Crippen LogP contribution >= 0.6 is 0 Å². The van der Waals surface area contributed by atoms with Crippen LogP contribution in [0, 0.1) is 0 Å². The quantitative estimate of drug-likeness (QED) is 0.484. The summed E-state index contributed by atoms with van der Waals surface area (Å²) in [5, 5.41) is 0. The molecular formula is C27H21NO3. The van der Waals surface area contributed by atoms with Gasteiger partial charge < -0.3 is 9.64 Å². The number of hydrogen-bond donors (Lipinski definition) is 0. The molecule has 0 radical (unpaired) electrons. The first-order valence-electron chi connectivity index (χ1n) is 9.89. The first-order chi connectivity index (χ1) is 15.1. The number of hydrogen-bond acceptors (Lipinski definition) is 4. The molecule has 3 aromatic carbocycles. The second kappa shape index (κ2) is 9.09. The summed E-state index contributed by atoms with van der Waals surface area (Å²) in [6, 6.07) is 26.1. The molecule has 0 unspecified atom stereocenters. The topological polar surface area (TPSA) is 46.6 Å². The van der Waals surface area contributed by atoms with Gasteiger partial charge in [0.05, 0.1) is 7.11 Å². The Bertz CT molecular complexity index is 1170. The molecule has 152 valence electrons. The van der Waals surface area contributed by atoms with Gasteiger partial charge in [-0.25, -0.2) is 0 Å². The number of carbonyl (C=O) groups excluding carboxylic acids is 2. The van der Waals surface area contributed by atoms with Crippen LogP contribution < -0.4 is 9.64 Å². The maximum atomic E-state index is 11.9. The fourth-order valence-electron chi connectivity index (χ4n) is 3.33. The number of carbonyl (C=O) groups is 2. The summed E-state index contributed by atoms with van der Waals surface area (Å²) in [5.74, 6) is 0.465. The third-order valence-corrected chi connectivity index (χ3v) is 4.93. The first kappa shape index (κ1) is 20.1. The lowest BCUT2D eigenvalue weighted by Gasteiger charge is -2.25. The lowest BCUT2D eigenvalue weighted by atomic mass is 10.0. The van der Waals surface area contributed by atoms with E-state index in [1.165, 1.54) is 18.2 Å². The molecule has 0 fully saturated rings. The standard InChI is InChI=1S/C27H21NO3/c1-31-26-16-13-24(14-17-26)28(22-5-3-2-4-6-22)23-11-8-20(9-12-23)7-10-21-19-25(29)15-18-27(21)30/h2-19H,1H3/b10-7-. The van der Waals surface area contributed by atoms with Crippen molar-refractivity contribution in [1.82, 2.24) is 0 Å². The van der Waals surface area contributed by atoms with Crippen molar-refractivity contribution in [3.8, 4) is 5.75 Å². The molecule has 3 aromatic rings. The van der Waals surface area contributed by atoms with Crippen LogP contribution in [0.3, 0.4) is 0 Å². The molecule has 0 bridgehead atoms.